The Kier molecular flexibility index (Phi) is 6.88. The van der Waals surface area contributed by atoms with E-state index in [1.807, 2.05) is 0 Å². The third-order valence-electron chi connectivity index (χ3n) is 3.22. The van der Waals surface area contributed by atoms with E-state index in [4.69, 9.17) is 0 Å². The van der Waals surface area contributed by atoms with Gasteiger partial charge < -0.3 is 0 Å². The van der Waals surface area contributed by atoms with Gasteiger partial charge in [0.15, 0.2) is 0 Å². The van der Waals surface area contributed by atoms with Crippen LogP contribution in [0.2, 0.25) is 0 Å². The molecule has 0 spiro atoms. The minimum Gasteiger partial charge on any atom is -0.300 e. The maximum Gasteiger partial charge on any atom is 0.0159 e. The third kappa shape index (κ3) is 4.31. The highest BCUT2D eigenvalue weighted by molar-refractivity contribution is 9.09. The monoisotopic (exact) mass is 261 g/mol. The predicted octanol–water partition coefficient (Wildman–Crippen LogP) is 3.82. The van der Waals surface area contributed by atoms with Crippen molar-refractivity contribution in [1.82, 2.24) is 4.90 Å². The van der Waals surface area contributed by atoms with E-state index in [-0.39, 0.29) is 0 Å². The zero-order chi connectivity index (χ0) is 10.2. The van der Waals surface area contributed by atoms with Gasteiger partial charge in [0.05, 0.1) is 0 Å². The van der Waals surface area contributed by atoms with Crippen LogP contribution in [0.15, 0.2) is 0 Å². The van der Waals surface area contributed by atoms with Gasteiger partial charge in [-0.3, -0.25) is 4.90 Å². The summed E-state index contributed by atoms with van der Waals surface area (Å²) in [6.07, 6.45) is 10.00. The quantitative estimate of drug-likeness (QED) is 0.538. The van der Waals surface area contributed by atoms with Crippen LogP contribution in [0.5, 0.6) is 0 Å². The predicted molar refractivity (Wildman–Crippen MR) is 67.1 cm³/mol. The van der Waals surface area contributed by atoms with Gasteiger partial charge in [-0.15, -0.1) is 0 Å². The van der Waals surface area contributed by atoms with E-state index < -0.39 is 0 Å². The van der Waals surface area contributed by atoms with E-state index in [1.165, 1.54) is 58.0 Å². The van der Waals surface area contributed by atoms with Crippen molar-refractivity contribution in [2.24, 2.45) is 0 Å². The fraction of sp³-hybridized carbons (Fsp3) is 1.00. The molecule has 0 heterocycles. The molecular formula is C12H24BrN. The largest absolute Gasteiger partial charge is 0.300 e. The lowest BCUT2D eigenvalue weighted by molar-refractivity contribution is 0.190. The summed E-state index contributed by atoms with van der Waals surface area (Å²) in [4.78, 5) is 2.69. The first-order chi connectivity index (χ1) is 6.88. The van der Waals surface area contributed by atoms with Crippen LogP contribution < -0.4 is 0 Å². The molecule has 0 aliphatic heterocycles. The summed E-state index contributed by atoms with van der Waals surface area (Å²) < 4.78 is 0. The molecule has 1 rings (SSSR count). The van der Waals surface area contributed by atoms with E-state index >= 15 is 0 Å². The Balaban J connectivity index is 2.38. The van der Waals surface area contributed by atoms with Crippen molar-refractivity contribution in [1.29, 1.82) is 0 Å². The molecule has 0 radical (unpaired) electrons. The van der Waals surface area contributed by atoms with Crippen LogP contribution in [-0.4, -0.2) is 29.4 Å². The van der Waals surface area contributed by atoms with E-state index in [0.717, 1.165) is 11.4 Å². The molecule has 0 aromatic carbocycles. The lowest BCUT2D eigenvalue weighted by Gasteiger charge is -2.30. The molecule has 0 N–H and O–H groups in total. The Labute approximate surface area is 97.4 Å². The number of hydrogen-bond donors (Lipinski definition) is 0. The Morgan fingerprint density at radius 3 is 2.21 bits per heavy atom. The van der Waals surface area contributed by atoms with Crippen molar-refractivity contribution in [3.05, 3.63) is 0 Å². The second kappa shape index (κ2) is 7.70. The molecular weight excluding hydrogens is 238 g/mol. The van der Waals surface area contributed by atoms with Gasteiger partial charge in [0.1, 0.15) is 0 Å². The lowest BCUT2D eigenvalue weighted by atomic mass is 10.1. The zero-order valence-electron chi connectivity index (χ0n) is 9.47. The van der Waals surface area contributed by atoms with Crippen LogP contribution in [0.3, 0.4) is 0 Å². The molecule has 1 aliphatic rings. The molecule has 0 saturated heterocycles. The fourth-order valence-electron chi connectivity index (χ4n) is 2.50. The molecule has 1 saturated carbocycles. The number of alkyl halides is 1. The van der Waals surface area contributed by atoms with Crippen molar-refractivity contribution in [3.63, 3.8) is 0 Å². The van der Waals surface area contributed by atoms with Crippen LogP contribution in [0.25, 0.3) is 0 Å². The second-order valence-electron chi connectivity index (χ2n) is 4.37. The molecule has 1 aliphatic carbocycles. The van der Waals surface area contributed by atoms with Gasteiger partial charge in [-0.1, -0.05) is 48.5 Å². The molecule has 1 fully saturated rings. The zero-order valence-corrected chi connectivity index (χ0v) is 11.1. The maximum absolute atomic E-state index is 3.56. The summed E-state index contributed by atoms with van der Waals surface area (Å²) in [5.74, 6) is 0. The topological polar surface area (TPSA) is 3.24 Å². The van der Waals surface area contributed by atoms with E-state index in [9.17, 15) is 0 Å². The van der Waals surface area contributed by atoms with Gasteiger partial charge in [-0.2, -0.15) is 0 Å². The first-order valence-electron chi connectivity index (χ1n) is 6.18. The molecule has 0 bridgehead atoms. The summed E-state index contributed by atoms with van der Waals surface area (Å²) >= 11 is 3.56. The van der Waals surface area contributed by atoms with Gasteiger partial charge in [0.25, 0.3) is 0 Å². The van der Waals surface area contributed by atoms with Gasteiger partial charge >= 0.3 is 0 Å². The average molecular weight is 262 g/mol. The molecule has 0 aromatic rings. The minimum atomic E-state index is 0.884. The highest BCUT2D eigenvalue weighted by atomic mass is 79.9. The summed E-state index contributed by atoms with van der Waals surface area (Å²) in [5.41, 5.74) is 0. The summed E-state index contributed by atoms with van der Waals surface area (Å²) in [6.45, 7) is 4.81. The normalized spacial score (nSPS) is 19.9. The SMILES string of the molecule is CCCN(CCBr)C1CCCCCC1. The molecule has 14 heavy (non-hydrogen) atoms. The van der Waals surface area contributed by atoms with Crippen LogP contribution >= 0.6 is 15.9 Å². The smallest absolute Gasteiger partial charge is 0.0159 e. The molecule has 1 nitrogen and oxygen atoms in total. The fourth-order valence-corrected chi connectivity index (χ4v) is 2.95. The average Bonchev–Trinajstić information content (AvgIpc) is 2.45. The highest BCUT2D eigenvalue weighted by Gasteiger charge is 2.18. The standard InChI is InChI=1S/C12H24BrN/c1-2-10-14(11-9-13)12-7-5-3-4-6-8-12/h12H,2-11H2,1H3. The number of hydrogen-bond acceptors (Lipinski definition) is 1. The molecule has 2 heteroatoms. The molecule has 0 atom stereocenters. The van der Waals surface area contributed by atoms with Crippen LogP contribution in [-0.2, 0) is 0 Å². The van der Waals surface area contributed by atoms with Crippen molar-refractivity contribution in [2.75, 3.05) is 18.4 Å². The Morgan fingerprint density at radius 1 is 1.07 bits per heavy atom. The maximum atomic E-state index is 3.56. The summed E-state index contributed by atoms with van der Waals surface area (Å²) in [7, 11) is 0. The minimum absolute atomic E-state index is 0.884. The van der Waals surface area contributed by atoms with Gasteiger partial charge in [0.2, 0.25) is 0 Å². The summed E-state index contributed by atoms with van der Waals surface area (Å²) in [5, 5.41) is 1.13. The van der Waals surface area contributed by atoms with E-state index in [0.29, 0.717) is 0 Å². The Morgan fingerprint density at radius 2 is 1.71 bits per heavy atom. The molecule has 0 aromatic heterocycles. The van der Waals surface area contributed by atoms with Crippen LogP contribution in [0.4, 0.5) is 0 Å². The van der Waals surface area contributed by atoms with Crippen molar-refractivity contribution in [3.8, 4) is 0 Å². The van der Waals surface area contributed by atoms with Crippen LogP contribution in [0, 0.1) is 0 Å². The van der Waals surface area contributed by atoms with Crippen molar-refractivity contribution < 1.29 is 0 Å². The lowest BCUT2D eigenvalue weighted by Crippen LogP contribution is -2.37. The van der Waals surface area contributed by atoms with Crippen molar-refractivity contribution in [2.45, 2.75) is 57.9 Å². The van der Waals surface area contributed by atoms with Gasteiger partial charge in [-0.05, 0) is 25.8 Å². The molecule has 0 amide bonds. The van der Waals surface area contributed by atoms with E-state index in [2.05, 4.69) is 27.8 Å². The number of nitrogens with zero attached hydrogens (tertiary/aromatic N) is 1. The van der Waals surface area contributed by atoms with Crippen LogP contribution in [0.1, 0.15) is 51.9 Å². The number of halogens is 1. The van der Waals surface area contributed by atoms with Crippen molar-refractivity contribution >= 4 is 15.9 Å². The third-order valence-corrected chi connectivity index (χ3v) is 3.58. The molecule has 84 valence electrons. The van der Waals surface area contributed by atoms with Gasteiger partial charge in [-0.25, -0.2) is 0 Å². The highest BCUT2D eigenvalue weighted by Crippen LogP contribution is 2.22. The van der Waals surface area contributed by atoms with Gasteiger partial charge in [0, 0.05) is 17.9 Å². The summed E-state index contributed by atoms with van der Waals surface area (Å²) in [6, 6.07) is 0.884. The Hall–Kier alpha value is 0.440. The van der Waals surface area contributed by atoms with E-state index in [1.54, 1.807) is 0 Å². The second-order valence-corrected chi connectivity index (χ2v) is 5.16. The Bertz CT molecular complexity index is 124. The first kappa shape index (κ1) is 12.5. The number of rotatable bonds is 5. The first-order valence-corrected chi connectivity index (χ1v) is 7.30. The molecule has 0 unspecified atom stereocenters.